The third kappa shape index (κ3) is 4.32. The molecule has 1 aliphatic rings. The number of amides is 2. The fraction of sp³-hybridized carbons (Fsp3) is 0.526. The summed E-state index contributed by atoms with van der Waals surface area (Å²) in [4.78, 5) is 22.2. The normalized spacial score (nSPS) is 16.2. The maximum atomic E-state index is 11.0. The summed E-state index contributed by atoms with van der Waals surface area (Å²) in [7, 11) is 3.24. The highest BCUT2D eigenvalue weighted by atomic mass is 16.5. The number of nitrogens with two attached hydrogens (primary N) is 1. The predicted molar refractivity (Wildman–Crippen MR) is 104 cm³/mol. The Balaban J connectivity index is 1.74. The van der Waals surface area contributed by atoms with E-state index in [0.29, 0.717) is 17.4 Å². The smallest absolute Gasteiger partial charge is 0.312 e. The largest absolute Gasteiger partial charge is 0.493 e. The van der Waals surface area contributed by atoms with Gasteiger partial charge in [-0.05, 0) is 38.2 Å². The number of nitrogens with zero attached hydrogens (tertiary/aromatic N) is 3. The SMILES string of the molecule is COc1cc2ncnc(N3CCC(CC(C)NC(N)=O)CC3)c2cc1OC. The summed E-state index contributed by atoms with van der Waals surface area (Å²) in [5.74, 6) is 2.81. The fourth-order valence-corrected chi connectivity index (χ4v) is 3.80. The van der Waals surface area contributed by atoms with E-state index in [-0.39, 0.29) is 6.04 Å². The summed E-state index contributed by atoms with van der Waals surface area (Å²) in [6.45, 7) is 3.82. The van der Waals surface area contributed by atoms with E-state index < -0.39 is 6.03 Å². The Labute approximate surface area is 159 Å². The topological polar surface area (TPSA) is 103 Å². The van der Waals surface area contributed by atoms with Crippen molar-refractivity contribution in [2.45, 2.75) is 32.2 Å². The van der Waals surface area contributed by atoms with E-state index in [2.05, 4.69) is 20.2 Å². The molecule has 2 heterocycles. The fourth-order valence-electron chi connectivity index (χ4n) is 3.80. The van der Waals surface area contributed by atoms with Crippen molar-refractivity contribution in [2.75, 3.05) is 32.2 Å². The number of fused-ring (bicyclic) bond motifs is 1. The lowest BCUT2D eigenvalue weighted by atomic mass is 9.90. The number of rotatable bonds is 6. The molecule has 0 spiro atoms. The summed E-state index contributed by atoms with van der Waals surface area (Å²) in [5, 5.41) is 3.72. The molecule has 0 saturated carbocycles. The summed E-state index contributed by atoms with van der Waals surface area (Å²) in [6.07, 6.45) is 4.62. The number of urea groups is 1. The number of carbonyl (C=O) groups excluding carboxylic acids is 1. The zero-order chi connectivity index (χ0) is 19.4. The van der Waals surface area contributed by atoms with Crippen molar-refractivity contribution in [3.63, 3.8) is 0 Å². The van der Waals surface area contributed by atoms with Crippen LogP contribution in [-0.2, 0) is 0 Å². The van der Waals surface area contributed by atoms with Gasteiger partial charge in [-0.25, -0.2) is 14.8 Å². The average Bonchev–Trinajstić information content (AvgIpc) is 2.66. The van der Waals surface area contributed by atoms with Crippen LogP contribution in [0.3, 0.4) is 0 Å². The van der Waals surface area contributed by atoms with Crippen LogP contribution >= 0.6 is 0 Å². The lowest BCUT2D eigenvalue weighted by Crippen LogP contribution is -2.40. The van der Waals surface area contributed by atoms with Gasteiger partial charge in [-0.1, -0.05) is 0 Å². The molecule has 2 amide bonds. The molecule has 1 aliphatic heterocycles. The van der Waals surface area contributed by atoms with E-state index in [1.54, 1.807) is 20.5 Å². The van der Waals surface area contributed by atoms with Crippen molar-refractivity contribution in [3.05, 3.63) is 18.5 Å². The molecule has 1 saturated heterocycles. The molecule has 0 bridgehead atoms. The summed E-state index contributed by atoms with van der Waals surface area (Å²) in [6, 6.07) is 3.45. The molecule has 2 aromatic rings. The third-order valence-electron chi connectivity index (χ3n) is 5.11. The molecule has 3 N–H and O–H groups in total. The van der Waals surface area contributed by atoms with Gasteiger partial charge in [-0.3, -0.25) is 0 Å². The number of ether oxygens (including phenoxy) is 2. The lowest BCUT2D eigenvalue weighted by Gasteiger charge is -2.34. The number of carbonyl (C=O) groups is 1. The van der Waals surface area contributed by atoms with Crippen LogP contribution in [0.25, 0.3) is 10.9 Å². The number of aromatic nitrogens is 2. The van der Waals surface area contributed by atoms with E-state index in [4.69, 9.17) is 15.2 Å². The Morgan fingerprint density at radius 3 is 2.56 bits per heavy atom. The molecule has 1 fully saturated rings. The minimum absolute atomic E-state index is 0.0932. The van der Waals surface area contributed by atoms with Crippen LogP contribution in [0.4, 0.5) is 10.6 Å². The van der Waals surface area contributed by atoms with Crippen LogP contribution < -0.4 is 25.4 Å². The van der Waals surface area contributed by atoms with Gasteiger partial charge < -0.3 is 25.4 Å². The minimum atomic E-state index is -0.461. The number of hydrogen-bond acceptors (Lipinski definition) is 6. The van der Waals surface area contributed by atoms with Crippen LogP contribution in [-0.4, -0.2) is 49.4 Å². The zero-order valence-electron chi connectivity index (χ0n) is 16.1. The number of primary amides is 1. The standard InChI is InChI=1S/C19H27N5O3/c1-12(23-19(20)25)8-13-4-6-24(7-5-13)18-14-9-16(26-2)17(27-3)10-15(14)21-11-22-18/h9-13H,4-8H2,1-3H3,(H3,20,23,25). The van der Waals surface area contributed by atoms with E-state index >= 15 is 0 Å². The van der Waals surface area contributed by atoms with Crippen LogP contribution in [0, 0.1) is 5.92 Å². The minimum Gasteiger partial charge on any atom is -0.493 e. The van der Waals surface area contributed by atoms with E-state index in [1.165, 1.54) is 0 Å². The molecule has 1 aromatic heterocycles. The van der Waals surface area contributed by atoms with Crippen LogP contribution in [0.15, 0.2) is 18.5 Å². The molecule has 1 unspecified atom stereocenters. The number of anilines is 1. The summed E-state index contributed by atoms with van der Waals surface area (Å²) < 4.78 is 10.8. The lowest BCUT2D eigenvalue weighted by molar-refractivity contribution is 0.242. The zero-order valence-corrected chi connectivity index (χ0v) is 16.1. The van der Waals surface area contributed by atoms with Crippen LogP contribution in [0.1, 0.15) is 26.2 Å². The molecule has 8 heteroatoms. The van der Waals surface area contributed by atoms with Gasteiger partial charge in [0.15, 0.2) is 11.5 Å². The third-order valence-corrected chi connectivity index (χ3v) is 5.11. The summed E-state index contributed by atoms with van der Waals surface area (Å²) in [5.41, 5.74) is 6.03. The van der Waals surface area contributed by atoms with Crippen LogP contribution in [0.2, 0.25) is 0 Å². The second-order valence-corrected chi connectivity index (χ2v) is 7.00. The van der Waals surface area contributed by atoms with Gasteiger partial charge in [-0.2, -0.15) is 0 Å². The second-order valence-electron chi connectivity index (χ2n) is 7.00. The second kappa shape index (κ2) is 8.28. The Bertz CT molecular complexity index is 805. The monoisotopic (exact) mass is 373 g/mol. The molecule has 1 aromatic carbocycles. The van der Waals surface area contributed by atoms with Crippen molar-refractivity contribution in [1.82, 2.24) is 15.3 Å². The number of nitrogens with one attached hydrogen (secondary N) is 1. The Hall–Kier alpha value is -2.77. The Morgan fingerprint density at radius 2 is 1.93 bits per heavy atom. The predicted octanol–water partition coefficient (Wildman–Crippen LogP) is 2.31. The van der Waals surface area contributed by atoms with E-state index in [1.807, 2.05) is 19.1 Å². The first-order valence-corrected chi connectivity index (χ1v) is 9.19. The number of benzene rings is 1. The van der Waals surface area contributed by atoms with E-state index in [9.17, 15) is 4.79 Å². The van der Waals surface area contributed by atoms with Crippen molar-refractivity contribution >= 4 is 22.8 Å². The Kier molecular flexibility index (Phi) is 5.83. The van der Waals surface area contributed by atoms with Crippen molar-refractivity contribution in [2.24, 2.45) is 11.7 Å². The highest BCUT2D eigenvalue weighted by molar-refractivity contribution is 5.92. The molecule has 3 rings (SSSR count). The maximum Gasteiger partial charge on any atom is 0.312 e. The number of piperidine rings is 1. The molecular weight excluding hydrogens is 346 g/mol. The first-order chi connectivity index (χ1) is 13.0. The molecular formula is C19H27N5O3. The average molecular weight is 373 g/mol. The van der Waals surface area contributed by atoms with Gasteiger partial charge in [0.1, 0.15) is 12.1 Å². The highest BCUT2D eigenvalue weighted by Gasteiger charge is 2.24. The maximum absolute atomic E-state index is 11.0. The highest BCUT2D eigenvalue weighted by Crippen LogP contribution is 2.36. The van der Waals surface area contributed by atoms with Gasteiger partial charge in [0, 0.05) is 30.6 Å². The van der Waals surface area contributed by atoms with Gasteiger partial charge in [0.05, 0.1) is 19.7 Å². The first-order valence-electron chi connectivity index (χ1n) is 9.19. The number of methoxy groups -OCH3 is 2. The van der Waals surface area contributed by atoms with Gasteiger partial charge in [-0.15, -0.1) is 0 Å². The van der Waals surface area contributed by atoms with Gasteiger partial charge in [0.2, 0.25) is 0 Å². The molecule has 27 heavy (non-hydrogen) atoms. The van der Waals surface area contributed by atoms with Crippen LogP contribution in [0.5, 0.6) is 11.5 Å². The van der Waals surface area contributed by atoms with Crippen molar-refractivity contribution in [3.8, 4) is 11.5 Å². The van der Waals surface area contributed by atoms with E-state index in [0.717, 1.165) is 49.1 Å². The molecule has 1 atom stereocenters. The van der Waals surface area contributed by atoms with Gasteiger partial charge >= 0.3 is 6.03 Å². The van der Waals surface area contributed by atoms with Crippen molar-refractivity contribution in [1.29, 1.82) is 0 Å². The molecule has 8 nitrogen and oxygen atoms in total. The molecule has 146 valence electrons. The summed E-state index contributed by atoms with van der Waals surface area (Å²) >= 11 is 0. The molecule has 0 aliphatic carbocycles. The molecule has 0 radical (unpaired) electrons. The first kappa shape index (κ1) is 19.0. The Morgan fingerprint density at radius 1 is 1.26 bits per heavy atom. The quantitative estimate of drug-likeness (QED) is 0.805. The van der Waals surface area contributed by atoms with Crippen molar-refractivity contribution < 1.29 is 14.3 Å². The number of hydrogen-bond donors (Lipinski definition) is 2. The van der Waals surface area contributed by atoms with Gasteiger partial charge in [0.25, 0.3) is 0 Å².